The third-order valence-electron chi connectivity index (χ3n) is 3.34. The van der Waals surface area contributed by atoms with E-state index in [2.05, 4.69) is 22.2 Å². The van der Waals surface area contributed by atoms with Crippen molar-refractivity contribution in [1.29, 1.82) is 0 Å². The van der Waals surface area contributed by atoms with Gasteiger partial charge < -0.3 is 4.90 Å². The van der Waals surface area contributed by atoms with Crippen LogP contribution in [-0.2, 0) is 13.0 Å². The van der Waals surface area contributed by atoms with Crippen molar-refractivity contribution >= 4 is 45.6 Å². The molecule has 0 atom stereocenters. The lowest BCUT2D eigenvalue weighted by Crippen LogP contribution is -2.25. The molecular weight excluding hydrogens is 329 g/mol. The lowest BCUT2D eigenvalue weighted by molar-refractivity contribution is 0.102. The molecule has 0 bridgehead atoms. The summed E-state index contributed by atoms with van der Waals surface area (Å²) >= 11 is 13.5. The fourth-order valence-electron chi connectivity index (χ4n) is 2.22. The average molecular weight is 342 g/mol. The lowest BCUT2D eigenvalue weighted by atomic mass is 10.2. The highest BCUT2D eigenvalue weighted by Gasteiger charge is 2.20. The molecule has 7 heteroatoms. The van der Waals surface area contributed by atoms with Crippen molar-refractivity contribution in [3.63, 3.8) is 0 Å². The van der Waals surface area contributed by atoms with E-state index in [1.807, 2.05) is 0 Å². The van der Waals surface area contributed by atoms with Crippen molar-refractivity contribution in [1.82, 2.24) is 9.88 Å². The number of amides is 1. The van der Waals surface area contributed by atoms with E-state index < -0.39 is 0 Å². The highest BCUT2D eigenvalue weighted by atomic mass is 35.5. The highest BCUT2D eigenvalue weighted by molar-refractivity contribution is 7.15. The zero-order valence-electron chi connectivity index (χ0n) is 11.3. The summed E-state index contributed by atoms with van der Waals surface area (Å²) in [4.78, 5) is 20.2. The predicted molar refractivity (Wildman–Crippen MR) is 86.6 cm³/mol. The first-order chi connectivity index (χ1) is 10.0. The zero-order chi connectivity index (χ0) is 15.0. The molecule has 4 nitrogen and oxygen atoms in total. The molecule has 1 aliphatic rings. The van der Waals surface area contributed by atoms with Crippen LogP contribution >= 0.6 is 34.5 Å². The fraction of sp³-hybridized carbons (Fsp3) is 0.286. The second-order valence-electron chi connectivity index (χ2n) is 4.93. The quantitative estimate of drug-likeness (QED) is 0.905. The lowest BCUT2D eigenvalue weighted by Gasteiger charge is -2.20. The summed E-state index contributed by atoms with van der Waals surface area (Å²) < 4.78 is 0. The summed E-state index contributed by atoms with van der Waals surface area (Å²) in [5.41, 5.74) is 1.43. The van der Waals surface area contributed by atoms with Gasteiger partial charge in [-0.05, 0) is 19.2 Å². The van der Waals surface area contributed by atoms with Crippen LogP contribution in [0.1, 0.15) is 20.9 Å². The van der Waals surface area contributed by atoms with Crippen LogP contribution in [0.5, 0.6) is 0 Å². The molecule has 0 aliphatic carbocycles. The van der Waals surface area contributed by atoms with Gasteiger partial charge in [0.25, 0.3) is 5.91 Å². The molecule has 1 N–H and O–H groups in total. The van der Waals surface area contributed by atoms with Crippen LogP contribution in [-0.4, -0.2) is 29.4 Å². The molecule has 0 unspecified atom stereocenters. The van der Waals surface area contributed by atoms with E-state index in [9.17, 15) is 4.79 Å². The molecule has 0 saturated heterocycles. The third-order valence-corrected chi connectivity index (χ3v) is 5.16. The largest absolute Gasteiger partial charge is 0.301 e. The monoisotopic (exact) mass is 341 g/mol. The van der Waals surface area contributed by atoms with Gasteiger partial charge in [-0.15, -0.1) is 11.3 Å². The number of rotatable bonds is 2. The van der Waals surface area contributed by atoms with Gasteiger partial charge in [0, 0.05) is 24.4 Å². The number of thiazole rings is 1. The van der Waals surface area contributed by atoms with Crippen molar-refractivity contribution in [2.75, 3.05) is 18.9 Å². The Bertz CT molecular complexity index is 702. The molecule has 3 rings (SSSR count). The molecule has 2 aromatic rings. The summed E-state index contributed by atoms with van der Waals surface area (Å²) in [7, 11) is 2.08. The van der Waals surface area contributed by atoms with Gasteiger partial charge in [0.15, 0.2) is 5.13 Å². The van der Waals surface area contributed by atoms with Gasteiger partial charge in [0.1, 0.15) is 0 Å². The van der Waals surface area contributed by atoms with Gasteiger partial charge in [-0.3, -0.25) is 10.1 Å². The average Bonchev–Trinajstić information content (AvgIpc) is 2.83. The molecule has 1 aromatic heterocycles. The highest BCUT2D eigenvalue weighted by Crippen LogP contribution is 2.30. The summed E-state index contributed by atoms with van der Waals surface area (Å²) in [6, 6.07) is 4.99. The van der Waals surface area contributed by atoms with E-state index in [1.54, 1.807) is 18.2 Å². The zero-order valence-corrected chi connectivity index (χ0v) is 13.6. The number of hydrogen-bond donors (Lipinski definition) is 1. The Morgan fingerprint density at radius 2 is 2.24 bits per heavy atom. The Hall–Kier alpha value is -1.14. The van der Waals surface area contributed by atoms with Gasteiger partial charge in [-0.2, -0.15) is 0 Å². The topological polar surface area (TPSA) is 45.2 Å². The maximum absolute atomic E-state index is 12.3. The maximum atomic E-state index is 12.3. The molecule has 0 radical (unpaired) electrons. The molecule has 1 amide bonds. The minimum atomic E-state index is -0.290. The van der Waals surface area contributed by atoms with E-state index in [1.165, 1.54) is 16.2 Å². The van der Waals surface area contributed by atoms with Crippen LogP contribution in [0, 0.1) is 0 Å². The van der Waals surface area contributed by atoms with E-state index in [0.29, 0.717) is 15.7 Å². The number of fused-ring (bicyclic) bond motifs is 1. The second-order valence-corrected chi connectivity index (χ2v) is 6.80. The van der Waals surface area contributed by atoms with Crippen molar-refractivity contribution in [3.8, 4) is 0 Å². The number of nitrogens with zero attached hydrogens (tertiary/aromatic N) is 2. The number of likely N-dealkylation sites (N-methyl/N-ethyl adjacent to an activating group) is 1. The van der Waals surface area contributed by atoms with Crippen LogP contribution < -0.4 is 5.32 Å². The van der Waals surface area contributed by atoms with Gasteiger partial charge in [0.2, 0.25) is 0 Å². The van der Waals surface area contributed by atoms with Crippen LogP contribution in [0.4, 0.5) is 5.13 Å². The second kappa shape index (κ2) is 5.93. The molecule has 0 fully saturated rings. The first kappa shape index (κ1) is 14.8. The smallest absolute Gasteiger partial charge is 0.259 e. The number of carbonyl (C=O) groups excluding carboxylic acids is 1. The van der Waals surface area contributed by atoms with E-state index in [-0.39, 0.29) is 10.9 Å². The van der Waals surface area contributed by atoms with Crippen molar-refractivity contribution < 1.29 is 4.79 Å². The molecule has 110 valence electrons. The number of aromatic nitrogens is 1. The Kier molecular flexibility index (Phi) is 4.17. The fourth-order valence-corrected chi connectivity index (χ4v) is 3.69. The van der Waals surface area contributed by atoms with Crippen LogP contribution in [0.15, 0.2) is 18.2 Å². The van der Waals surface area contributed by atoms with Crippen LogP contribution in [0.2, 0.25) is 10.0 Å². The minimum absolute atomic E-state index is 0.262. The molecule has 21 heavy (non-hydrogen) atoms. The van der Waals surface area contributed by atoms with Gasteiger partial charge in [-0.25, -0.2) is 4.98 Å². The summed E-state index contributed by atoms with van der Waals surface area (Å²) in [6.07, 6.45) is 0.913. The Balaban J connectivity index is 1.81. The molecule has 1 aliphatic heterocycles. The Morgan fingerprint density at radius 1 is 1.43 bits per heavy atom. The minimum Gasteiger partial charge on any atom is -0.301 e. The number of halogens is 2. The third kappa shape index (κ3) is 3.06. The normalized spacial score (nSPS) is 14.8. The molecule has 0 spiro atoms. The van der Waals surface area contributed by atoms with Crippen molar-refractivity contribution in [2.24, 2.45) is 0 Å². The molecule has 0 saturated carbocycles. The molecular formula is C14H13Cl2N3OS. The van der Waals surface area contributed by atoms with Gasteiger partial charge >= 0.3 is 0 Å². The molecule has 1 aromatic carbocycles. The van der Waals surface area contributed by atoms with E-state index >= 15 is 0 Å². The van der Waals surface area contributed by atoms with Gasteiger partial charge in [0.05, 0.1) is 21.3 Å². The summed E-state index contributed by atoms with van der Waals surface area (Å²) in [5, 5.41) is 4.04. The number of hydrogen-bond acceptors (Lipinski definition) is 4. The SMILES string of the molecule is CN1CCc2nc(NC(=O)c3cccc(Cl)c3Cl)sc2C1. The van der Waals surface area contributed by atoms with Crippen molar-refractivity contribution in [2.45, 2.75) is 13.0 Å². The van der Waals surface area contributed by atoms with E-state index in [0.717, 1.165) is 25.2 Å². The number of anilines is 1. The van der Waals surface area contributed by atoms with Crippen molar-refractivity contribution in [3.05, 3.63) is 44.4 Å². The van der Waals surface area contributed by atoms with Crippen LogP contribution in [0.3, 0.4) is 0 Å². The number of carbonyl (C=O) groups is 1. The van der Waals surface area contributed by atoms with Gasteiger partial charge in [-0.1, -0.05) is 29.3 Å². The maximum Gasteiger partial charge on any atom is 0.259 e. The van der Waals surface area contributed by atoms with E-state index in [4.69, 9.17) is 23.2 Å². The summed E-state index contributed by atoms with van der Waals surface area (Å²) in [6.45, 7) is 1.87. The number of benzene rings is 1. The number of nitrogens with one attached hydrogen (secondary N) is 1. The molecule has 2 heterocycles. The Labute approximate surface area is 136 Å². The first-order valence-corrected chi connectivity index (χ1v) is 8.04. The predicted octanol–water partition coefficient (Wildman–Crippen LogP) is 3.69. The first-order valence-electron chi connectivity index (χ1n) is 6.47. The van der Waals surface area contributed by atoms with Crippen LogP contribution in [0.25, 0.3) is 0 Å². The standard InChI is InChI=1S/C14H13Cl2N3OS/c1-19-6-5-10-11(7-19)21-14(17-10)18-13(20)8-3-2-4-9(15)12(8)16/h2-4H,5-7H2,1H3,(H,17,18,20). The Morgan fingerprint density at radius 3 is 3.05 bits per heavy atom. The summed E-state index contributed by atoms with van der Waals surface area (Å²) in [5.74, 6) is -0.290.